The minimum Gasteiger partial charge on any atom is -0.401 e. The molecule has 0 aliphatic heterocycles. The van der Waals surface area contributed by atoms with Gasteiger partial charge in [0, 0.05) is 12.3 Å². The van der Waals surface area contributed by atoms with E-state index in [1.54, 1.807) is 24.4 Å². The molecule has 1 aromatic carbocycles. The van der Waals surface area contributed by atoms with E-state index in [4.69, 9.17) is 16.0 Å². The minimum atomic E-state index is -0.442. The fraction of sp³-hybridized carbons (Fsp3) is 0.111. The van der Waals surface area contributed by atoms with Crippen molar-refractivity contribution in [2.75, 3.05) is 0 Å². The van der Waals surface area contributed by atoms with Crippen LogP contribution in [0.1, 0.15) is 11.1 Å². The van der Waals surface area contributed by atoms with Gasteiger partial charge in [-0.1, -0.05) is 23.7 Å². The zero-order valence-corrected chi connectivity index (χ0v) is 16.2. The Morgan fingerprint density at radius 1 is 1.19 bits per heavy atom. The topological polar surface area (TPSA) is 73.8 Å². The zero-order valence-electron chi connectivity index (χ0n) is 13.8. The van der Waals surface area contributed by atoms with Crippen molar-refractivity contribution in [3.63, 3.8) is 0 Å². The molecule has 130 valence electrons. The van der Waals surface area contributed by atoms with Crippen LogP contribution in [0.15, 0.2) is 50.3 Å². The average molecular weight is 432 g/mol. The molecule has 0 amide bonds. The van der Waals surface area contributed by atoms with Crippen LogP contribution in [0.5, 0.6) is 0 Å². The third-order valence-corrected chi connectivity index (χ3v) is 4.72. The van der Waals surface area contributed by atoms with E-state index in [2.05, 4.69) is 31.0 Å². The number of rotatable bonds is 2. The molecule has 0 radical (unpaired) electrons. The number of fused-ring (bicyclic) bond motifs is 1. The van der Waals surface area contributed by atoms with Crippen molar-refractivity contribution in [2.45, 2.75) is 13.8 Å². The molecule has 3 heterocycles. The second-order valence-corrected chi connectivity index (χ2v) is 7.02. The van der Waals surface area contributed by atoms with Crippen molar-refractivity contribution in [1.82, 2.24) is 19.7 Å². The van der Waals surface area contributed by atoms with Crippen LogP contribution in [0.25, 0.3) is 28.3 Å². The highest BCUT2D eigenvalue weighted by Crippen LogP contribution is 2.28. The van der Waals surface area contributed by atoms with Crippen LogP contribution >= 0.6 is 27.5 Å². The Balaban J connectivity index is 2.02. The normalized spacial score (nSPS) is 11.2. The maximum Gasteiger partial charge on any atom is 0.347 e. The lowest BCUT2D eigenvalue weighted by atomic mass is 10.1. The van der Waals surface area contributed by atoms with Gasteiger partial charge in [0.25, 0.3) is 0 Å². The van der Waals surface area contributed by atoms with E-state index in [0.717, 1.165) is 11.1 Å². The number of benzene rings is 1. The van der Waals surface area contributed by atoms with Crippen molar-refractivity contribution in [3.8, 4) is 17.4 Å². The largest absolute Gasteiger partial charge is 0.401 e. The van der Waals surface area contributed by atoms with Crippen molar-refractivity contribution >= 4 is 38.4 Å². The Kier molecular flexibility index (Phi) is 4.13. The second-order valence-electron chi connectivity index (χ2n) is 5.80. The smallest absolute Gasteiger partial charge is 0.347 e. The Bertz CT molecular complexity index is 1220. The molecule has 0 atom stereocenters. The molecule has 26 heavy (non-hydrogen) atoms. The van der Waals surface area contributed by atoms with Gasteiger partial charge in [-0.05, 0) is 53.0 Å². The Morgan fingerprint density at radius 3 is 2.73 bits per heavy atom. The van der Waals surface area contributed by atoms with Gasteiger partial charge in [0.1, 0.15) is 10.3 Å². The van der Waals surface area contributed by atoms with Gasteiger partial charge in [0.15, 0.2) is 5.82 Å². The molecule has 3 aromatic heterocycles. The summed E-state index contributed by atoms with van der Waals surface area (Å²) < 4.78 is 7.54. The third kappa shape index (κ3) is 2.73. The number of hydrogen-bond acceptors (Lipinski definition) is 5. The number of halogens is 2. The van der Waals surface area contributed by atoms with Gasteiger partial charge in [0.05, 0.1) is 15.9 Å². The molecule has 0 aliphatic rings. The van der Waals surface area contributed by atoms with Crippen LogP contribution in [0.2, 0.25) is 5.02 Å². The summed E-state index contributed by atoms with van der Waals surface area (Å²) in [5.74, 6) is 0.566. The SMILES string of the molecule is Cc1ccc(C)c2c(=O)oc(-c3cc(Br)nn3-c3ncccc3Cl)nc12. The lowest BCUT2D eigenvalue weighted by molar-refractivity contribution is 0.513. The van der Waals surface area contributed by atoms with Gasteiger partial charge in [-0.2, -0.15) is 5.10 Å². The summed E-state index contributed by atoms with van der Waals surface area (Å²) in [7, 11) is 0. The van der Waals surface area contributed by atoms with Crippen LogP contribution < -0.4 is 5.63 Å². The van der Waals surface area contributed by atoms with E-state index in [0.29, 0.717) is 32.0 Å². The number of aromatic nitrogens is 4. The van der Waals surface area contributed by atoms with E-state index in [9.17, 15) is 4.79 Å². The molecule has 0 saturated carbocycles. The van der Waals surface area contributed by atoms with Gasteiger partial charge in [0.2, 0.25) is 5.89 Å². The summed E-state index contributed by atoms with van der Waals surface area (Å²) in [6.45, 7) is 3.76. The molecular formula is C18H12BrClN4O2. The van der Waals surface area contributed by atoms with Crippen LogP contribution in [0, 0.1) is 13.8 Å². The Hall–Kier alpha value is -2.51. The van der Waals surface area contributed by atoms with Crippen LogP contribution in [0.4, 0.5) is 0 Å². The van der Waals surface area contributed by atoms with Gasteiger partial charge >= 0.3 is 5.63 Å². The second kappa shape index (κ2) is 6.34. The third-order valence-electron chi connectivity index (χ3n) is 4.03. The van der Waals surface area contributed by atoms with E-state index in [1.807, 2.05) is 26.0 Å². The molecule has 0 saturated heterocycles. The first-order valence-corrected chi connectivity index (χ1v) is 8.90. The van der Waals surface area contributed by atoms with Crippen molar-refractivity contribution in [1.29, 1.82) is 0 Å². The maximum atomic E-state index is 12.6. The molecule has 6 nitrogen and oxygen atoms in total. The number of aryl methyl sites for hydroxylation is 2. The average Bonchev–Trinajstić information content (AvgIpc) is 3.00. The molecule has 0 fully saturated rings. The molecule has 0 N–H and O–H groups in total. The highest BCUT2D eigenvalue weighted by atomic mass is 79.9. The van der Waals surface area contributed by atoms with E-state index in [-0.39, 0.29) is 5.89 Å². The summed E-state index contributed by atoms with van der Waals surface area (Å²) in [6.07, 6.45) is 1.61. The van der Waals surface area contributed by atoms with E-state index in [1.165, 1.54) is 4.68 Å². The van der Waals surface area contributed by atoms with Gasteiger partial charge < -0.3 is 4.42 Å². The first-order valence-electron chi connectivity index (χ1n) is 7.73. The minimum absolute atomic E-state index is 0.149. The molecule has 0 spiro atoms. The highest BCUT2D eigenvalue weighted by Gasteiger charge is 2.19. The first-order chi connectivity index (χ1) is 12.5. The van der Waals surface area contributed by atoms with Gasteiger partial charge in [-0.3, -0.25) is 0 Å². The first kappa shape index (κ1) is 16.9. The van der Waals surface area contributed by atoms with Gasteiger partial charge in [-0.15, -0.1) is 0 Å². The fourth-order valence-corrected chi connectivity index (χ4v) is 3.35. The lowest BCUT2D eigenvalue weighted by Crippen LogP contribution is -2.08. The zero-order chi connectivity index (χ0) is 18.4. The molecule has 0 bridgehead atoms. The summed E-state index contributed by atoms with van der Waals surface area (Å²) in [5, 5.41) is 5.25. The van der Waals surface area contributed by atoms with Crippen molar-refractivity contribution in [3.05, 3.63) is 67.7 Å². The predicted octanol–water partition coefficient (Wildman–Crippen LogP) is 4.47. The monoisotopic (exact) mass is 430 g/mol. The van der Waals surface area contributed by atoms with Crippen LogP contribution in [-0.4, -0.2) is 19.7 Å². The fourth-order valence-electron chi connectivity index (χ4n) is 2.77. The van der Waals surface area contributed by atoms with Crippen molar-refractivity contribution in [2.24, 2.45) is 0 Å². The summed E-state index contributed by atoms with van der Waals surface area (Å²) in [5.41, 5.74) is 2.34. The quantitative estimate of drug-likeness (QED) is 0.468. The Morgan fingerprint density at radius 2 is 1.96 bits per heavy atom. The Labute approximate surface area is 161 Å². The number of nitrogens with zero attached hydrogens (tertiary/aromatic N) is 4. The van der Waals surface area contributed by atoms with E-state index < -0.39 is 5.63 Å². The van der Waals surface area contributed by atoms with Crippen LogP contribution in [-0.2, 0) is 0 Å². The standard InChI is InChI=1S/C18H12BrClN4O2/c1-9-5-6-10(2)15-14(9)18(25)26-17(22-15)12-8-13(19)23-24(12)16-11(20)4-3-7-21-16/h3-8H,1-2H3. The molecular weight excluding hydrogens is 420 g/mol. The van der Waals surface area contributed by atoms with Crippen molar-refractivity contribution < 1.29 is 4.42 Å². The van der Waals surface area contributed by atoms with Gasteiger partial charge in [-0.25, -0.2) is 19.4 Å². The molecule has 4 rings (SSSR count). The molecule has 4 aromatic rings. The molecule has 0 unspecified atom stereocenters. The lowest BCUT2D eigenvalue weighted by Gasteiger charge is -2.08. The summed E-state index contributed by atoms with van der Waals surface area (Å²) in [6, 6.07) is 8.94. The van der Waals surface area contributed by atoms with Crippen LogP contribution in [0.3, 0.4) is 0 Å². The molecule has 8 heteroatoms. The number of pyridine rings is 1. The molecule has 0 aliphatic carbocycles. The predicted molar refractivity (Wildman–Crippen MR) is 103 cm³/mol. The number of hydrogen-bond donors (Lipinski definition) is 0. The summed E-state index contributed by atoms with van der Waals surface area (Å²) in [4.78, 5) is 21.4. The maximum absolute atomic E-state index is 12.6. The van der Waals surface area contributed by atoms with E-state index >= 15 is 0 Å². The highest BCUT2D eigenvalue weighted by molar-refractivity contribution is 9.10. The summed E-state index contributed by atoms with van der Waals surface area (Å²) >= 11 is 9.59.